The second kappa shape index (κ2) is 7.46. The fourth-order valence-corrected chi connectivity index (χ4v) is 4.18. The van der Waals surface area contributed by atoms with E-state index in [0.29, 0.717) is 12.4 Å². The molecule has 6 heteroatoms. The van der Waals surface area contributed by atoms with Crippen LogP contribution >= 0.6 is 0 Å². The number of hydrogen-bond donors (Lipinski definition) is 1. The minimum Gasteiger partial charge on any atom is -0.489 e. The van der Waals surface area contributed by atoms with E-state index in [4.69, 9.17) is 4.74 Å². The Labute approximate surface area is 173 Å². The second-order valence-corrected chi connectivity index (χ2v) is 7.58. The first kappa shape index (κ1) is 18.6. The van der Waals surface area contributed by atoms with Crippen LogP contribution in [0.5, 0.6) is 5.75 Å². The Balaban J connectivity index is 1.50. The minimum atomic E-state index is -0.415. The number of ether oxygens (including phenoxy) is 1. The van der Waals surface area contributed by atoms with Crippen molar-refractivity contribution in [1.29, 1.82) is 0 Å². The molecule has 0 aliphatic carbocycles. The number of hydrogen-bond acceptors (Lipinski definition) is 3. The predicted molar refractivity (Wildman–Crippen MR) is 115 cm³/mol. The molecule has 0 radical (unpaired) electrons. The molecule has 0 unspecified atom stereocenters. The highest BCUT2D eigenvalue weighted by atomic mass is 19.1. The summed E-state index contributed by atoms with van der Waals surface area (Å²) in [5, 5.41) is 4.25. The Morgan fingerprint density at radius 1 is 1.13 bits per heavy atom. The molecule has 2 aromatic heterocycles. The highest BCUT2D eigenvalue weighted by Gasteiger charge is 2.20. The molecule has 1 aliphatic rings. The van der Waals surface area contributed by atoms with Crippen LogP contribution in [0.15, 0.2) is 65.6 Å². The highest BCUT2D eigenvalue weighted by Crippen LogP contribution is 2.30. The Morgan fingerprint density at radius 2 is 1.97 bits per heavy atom. The topological polar surface area (TPSA) is 48.2 Å². The predicted octanol–water partition coefficient (Wildman–Crippen LogP) is 3.69. The number of aryl methyl sites for hydroxylation is 1. The highest BCUT2D eigenvalue weighted by molar-refractivity contribution is 5.87. The first-order valence-electron chi connectivity index (χ1n) is 10.0. The molecule has 0 bridgehead atoms. The van der Waals surface area contributed by atoms with E-state index in [2.05, 4.69) is 9.88 Å². The maximum atomic E-state index is 15.0. The zero-order chi connectivity index (χ0) is 20.7. The normalized spacial score (nSPS) is 13.4. The third kappa shape index (κ3) is 3.19. The van der Waals surface area contributed by atoms with Crippen LogP contribution in [0, 0.1) is 5.82 Å². The SMILES string of the molecule is Cn1c2c(c3cc(F)c(-n4ccc(OCc5ccccc5)cc4=O)cc31)CNCC2. The summed E-state index contributed by atoms with van der Waals surface area (Å²) in [6.07, 6.45) is 2.47. The van der Waals surface area contributed by atoms with Gasteiger partial charge in [-0.25, -0.2) is 4.39 Å². The van der Waals surface area contributed by atoms with Crippen molar-refractivity contribution < 1.29 is 9.13 Å². The number of nitrogens with zero attached hydrogens (tertiary/aromatic N) is 2. The lowest BCUT2D eigenvalue weighted by molar-refractivity contribution is 0.305. The van der Waals surface area contributed by atoms with Crippen molar-refractivity contribution in [3.63, 3.8) is 0 Å². The van der Waals surface area contributed by atoms with Crippen molar-refractivity contribution in [3.8, 4) is 11.4 Å². The van der Waals surface area contributed by atoms with E-state index >= 15 is 4.39 Å². The van der Waals surface area contributed by atoms with Gasteiger partial charge >= 0.3 is 0 Å². The van der Waals surface area contributed by atoms with E-state index in [0.717, 1.165) is 41.5 Å². The van der Waals surface area contributed by atoms with Gasteiger partial charge in [0.25, 0.3) is 5.56 Å². The number of fused-ring (bicyclic) bond motifs is 3. The molecule has 0 amide bonds. The number of halogens is 1. The van der Waals surface area contributed by atoms with Crippen molar-refractivity contribution in [3.05, 3.63) is 93.8 Å². The van der Waals surface area contributed by atoms with Gasteiger partial charge in [-0.15, -0.1) is 0 Å². The van der Waals surface area contributed by atoms with Crippen molar-refractivity contribution in [2.24, 2.45) is 7.05 Å². The smallest absolute Gasteiger partial charge is 0.258 e. The first-order chi connectivity index (χ1) is 14.6. The molecule has 1 aliphatic heterocycles. The lowest BCUT2D eigenvalue weighted by Crippen LogP contribution is -2.24. The maximum absolute atomic E-state index is 15.0. The van der Waals surface area contributed by atoms with E-state index in [-0.39, 0.29) is 11.2 Å². The summed E-state index contributed by atoms with van der Waals surface area (Å²) in [5.74, 6) is 0.0449. The number of aromatic nitrogens is 2. The molecule has 5 nitrogen and oxygen atoms in total. The lowest BCUT2D eigenvalue weighted by atomic mass is 10.1. The van der Waals surface area contributed by atoms with Crippen LogP contribution in [0.1, 0.15) is 16.8 Å². The van der Waals surface area contributed by atoms with Crippen molar-refractivity contribution in [2.75, 3.05) is 6.54 Å². The van der Waals surface area contributed by atoms with E-state index in [1.54, 1.807) is 24.4 Å². The van der Waals surface area contributed by atoms with Gasteiger partial charge in [-0.1, -0.05) is 30.3 Å². The summed E-state index contributed by atoms with van der Waals surface area (Å²) in [5.41, 5.74) is 4.21. The van der Waals surface area contributed by atoms with Crippen LogP contribution in [0.4, 0.5) is 4.39 Å². The molecule has 0 saturated heterocycles. The van der Waals surface area contributed by atoms with Crippen LogP contribution in [0.3, 0.4) is 0 Å². The molecule has 0 fully saturated rings. The van der Waals surface area contributed by atoms with E-state index in [9.17, 15) is 4.79 Å². The molecular formula is C24H22FN3O2. The largest absolute Gasteiger partial charge is 0.489 e. The van der Waals surface area contributed by atoms with E-state index < -0.39 is 5.82 Å². The molecule has 2 aromatic carbocycles. The van der Waals surface area contributed by atoms with Crippen molar-refractivity contribution in [1.82, 2.24) is 14.5 Å². The monoisotopic (exact) mass is 403 g/mol. The summed E-state index contributed by atoms with van der Waals surface area (Å²) >= 11 is 0. The molecule has 0 spiro atoms. The molecule has 0 atom stereocenters. The third-order valence-electron chi connectivity index (χ3n) is 5.74. The third-order valence-corrected chi connectivity index (χ3v) is 5.74. The van der Waals surface area contributed by atoms with Gasteiger partial charge in [-0.2, -0.15) is 0 Å². The van der Waals surface area contributed by atoms with Crippen LogP contribution in [-0.4, -0.2) is 15.7 Å². The van der Waals surface area contributed by atoms with Gasteiger partial charge in [0.15, 0.2) is 0 Å². The van der Waals surface area contributed by atoms with E-state index in [1.165, 1.54) is 16.3 Å². The average molecular weight is 403 g/mol. The summed E-state index contributed by atoms with van der Waals surface area (Å²) < 4.78 is 24.2. The lowest BCUT2D eigenvalue weighted by Gasteiger charge is -2.14. The van der Waals surface area contributed by atoms with Crippen LogP contribution in [0.2, 0.25) is 0 Å². The fraction of sp³-hybridized carbons (Fsp3) is 0.208. The number of nitrogens with one attached hydrogen (secondary N) is 1. The summed E-state index contributed by atoms with van der Waals surface area (Å²) in [7, 11) is 2.00. The van der Waals surface area contributed by atoms with Crippen LogP contribution < -0.4 is 15.6 Å². The zero-order valence-electron chi connectivity index (χ0n) is 16.7. The standard InChI is InChI=1S/C24H22FN3O2/c1-27-21-7-9-26-14-19(21)18-12-20(25)23(13-22(18)27)28-10-8-17(11-24(28)29)30-15-16-5-3-2-4-6-16/h2-6,8,10-13,26H,7,9,14-15H2,1H3. The molecular weight excluding hydrogens is 381 g/mol. The van der Waals surface area contributed by atoms with Crippen molar-refractivity contribution in [2.45, 2.75) is 19.6 Å². The first-order valence-corrected chi connectivity index (χ1v) is 10.0. The number of rotatable bonds is 4. The fourth-order valence-electron chi connectivity index (χ4n) is 4.18. The van der Waals surface area contributed by atoms with Gasteiger partial charge < -0.3 is 14.6 Å². The molecule has 152 valence electrons. The molecule has 1 N–H and O–H groups in total. The molecule has 4 aromatic rings. The van der Waals surface area contributed by atoms with Gasteiger partial charge in [0.2, 0.25) is 0 Å². The summed E-state index contributed by atoms with van der Waals surface area (Å²) in [6, 6.07) is 16.1. The Kier molecular flexibility index (Phi) is 4.64. The zero-order valence-corrected chi connectivity index (χ0v) is 16.7. The Morgan fingerprint density at radius 3 is 2.77 bits per heavy atom. The molecule has 30 heavy (non-hydrogen) atoms. The van der Waals surface area contributed by atoms with Gasteiger partial charge in [0.05, 0.1) is 11.2 Å². The van der Waals surface area contributed by atoms with Gasteiger partial charge in [-0.3, -0.25) is 9.36 Å². The average Bonchev–Trinajstić information content (AvgIpc) is 3.04. The quantitative estimate of drug-likeness (QED) is 0.565. The second-order valence-electron chi connectivity index (χ2n) is 7.58. The molecule has 3 heterocycles. The number of pyridine rings is 1. The minimum absolute atomic E-state index is 0.244. The summed E-state index contributed by atoms with van der Waals surface area (Å²) in [6.45, 7) is 2.02. The van der Waals surface area contributed by atoms with Crippen LogP contribution in [-0.2, 0) is 26.6 Å². The molecule has 5 rings (SSSR count). The van der Waals surface area contributed by atoms with Gasteiger partial charge in [0.1, 0.15) is 18.2 Å². The Hall–Kier alpha value is -3.38. The van der Waals surface area contributed by atoms with Gasteiger partial charge in [0, 0.05) is 49.9 Å². The van der Waals surface area contributed by atoms with Gasteiger partial charge in [-0.05, 0) is 29.3 Å². The Bertz CT molecular complexity index is 1290. The van der Waals surface area contributed by atoms with Crippen molar-refractivity contribution >= 4 is 10.9 Å². The maximum Gasteiger partial charge on any atom is 0.258 e. The molecule has 0 saturated carbocycles. The summed E-state index contributed by atoms with van der Waals surface area (Å²) in [4.78, 5) is 12.7. The van der Waals surface area contributed by atoms with Crippen LogP contribution in [0.25, 0.3) is 16.6 Å². The van der Waals surface area contributed by atoms with E-state index in [1.807, 2.05) is 37.4 Å². The number of benzene rings is 2.